The van der Waals surface area contributed by atoms with Gasteiger partial charge < -0.3 is 14.6 Å². The van der Waals surface area contributed by atoms with Crippen molar-refractivity contribution < 1.29 is 9.13 Å². The standard InChI is InChI=1S/C31H29FN6O/c1-19-16-27(24-4-2-3-5-25(24)35-19)39-18-23-12-13-28-37-29(21-8-10-22(32)11-9-21)30(38(23)28)26-14-15-33-31(36-26)34-17-20-6-7-20/h2-5,8-11,14-16,20,23H,6-7,12-13,17-18H2,1H3,(H,33,34,36). The van der Waals surface area contributed by atoms with Crippen molar-refractivity contribution in [1.82, 2.24) is 24.5 Å². The number of hydrogen-bond acceptors (Lipinski definition) is 6. The number of hydrogen-bond donors (Lipinski definition) is 1. The predicted octanol–water partition coefficient (Wildman–Crippen LogP) is 6.39. The number of rotatable bonds is 8. The molecule has 7 nitrogen and oxygen atoms in total. The molecule has 1 aliphatic carbocycles. The van der Waals surface area contributed by atoms with Crippen LogP contribution in [0.4, 0.5) is 10.3 Å². The highest BCUT2D eigenvalue weighted by molar-refractivity contribution is 5.85. The van der Waals surface area contributed by atoms with Crippen LogP contribution < -0.4 is 10.1 Å². The molecule has 196 valence electrons. The van der Waals surface area contributed by atoms with Crippen molar-refractivity contribution >= 4 is 16.9 Å². The third-order valence-electron chi connectivity index (χ3n) is 7.55. The van der Waals surface area contributed by atoms with Crippen molar-refractivity contribution in [2.75, 3.05) is 18.5 Å². The van der Waals surface area contributed by atoms with Gasteiger partial charge in [0, 0.05) is 41.9 Å². The van der Waals surface area contributed by atoms with Crippen molar-refractivity contribution in [3.05, 3.63) is 84.2 Å². The molecule has 0 saturated heterocycles. The number of imidazole rings is 1. The fraction of sp³-hybridized carbons (Fsp3) is 0.290. The zero-order valence-corrected chi connectivity index (χ0v) is 21.8. The fourth-order valence-electron chi connectivity index (χ4n) is 5.39. The molecule has 0 spiro atoms. The number of nitrogens with zero attached hydrogens (tertiary/aromatic N) is 5. The Morgan fingerprint density at radius 3 is 2.69 bits per heavy atom. The molecule has 1 saturated carbocycles. The lowest BCUT2D eigenvalue weighted by atomic mass is 10.1. The quantitative estimate of drug-likeness (QED) is 0.255. The summed E-state index contributed by atoms with van der Waals surface area (Å²) in [4.78, 5) is 19.0. The minimum absolute atomic E-state index is 0.0711. The van der Waals surface area contributed by atoms with Crippen LogP contribution in [0.5, 0.6) is 5.75 Å². The lowest BCUT2D eigenvalue weighted by molar-refractivity contribution is 0.258. The van der Waals surface area contributed by atoms with E-state index in [1.807, 2.05) is 43.3 Å². The molecule has 2 aromatic carbocycles. The number of aromatic nitrogens is 5. The molecule has 1 N–H and O–H groups in total. The maximum absolute atomic E-state index is 13.8. The van der Waals surface area contributed by atoms with Crippen molar-refractivity contribution in [1.29, 1.82) is 0 Å². The van der Waals surface area contributed by atoms with Gasteiger partial charge in [-0.1, -0.05) is 12.1 Å². The van der Waals surface area contributed by atoms with Gasteiger partial charge in [0.2, 0.25) is 5.95 Å². The Balaban J connectivity index is 1.26. The van der Waals surface area contributed by atoms with Crippen LogP contribution in [0, 0.1) is 18.7 Å². The summed E-state index contributed by atoms with van der Waals surface area (Å²) in [5, 5.41) is 4.39. The van der Waals surface area contributed by atoms with E-state index < -0.39 is 0 Å². The molecule has 8 heteroatoms. The number of ether oxygens (including phenoxy) is 1. The minimum Gasteiger partial charge on any atom is -0.491 e. The highest BCUT2D eigenvalue weighted by Gasteiger charge is 2.31. The van der Waals surface area contributed by atoms with E-state index in [-0.39, 0.29) is 11.9 Å². The summed E-state index contributed by atoms with van der Waals surface area (Å²) in [6, 6.07) is 18.6. The molecular weight excluding hydrogens is 491 g/mol. The number of benzene rings is 2. The average Bonchev–Trinajstić information content (AvgIpc) is 3.59. The van der Waals surface area contributed by atoms with Gasteiger partial charge in [0.05, 0.1) is 28.6 Å². The number of para-hydroxylation sites is 1. The summed E-state index contributed by atoms with van der Waals surface area (Å²) in [5.41, 5.74) is 5.20. The van der Waals surface area contributed by atoms with E-state index in [9.17, 15) is 4.39 Å². The number of halogens is 1. The van der Waals surface area contributed by atoms with Crippen LogP contribution in [-0.2, 0) is 6.42 Å². The zero-order chi connectivity index (χ0) is 26.3. The molecule has 5 aromatic rings. The Morgan fingerprint density at radius 1 is 1.00 bits per heavy atom. The van der Waals surface area contributed by atoms with E-state index >= 15 is 0 Å². The number of aryl methyl sites for hydroxylation is 2. The summed E-state index contributed by atoms with van der Waals surface area (Å²) in [6.45, 7) is 3.36. The molecule has 1 atom stereocenters. The highest BCUT2D eigenvalue weighted by Crippen LogP contribution is 2.40. The number of fused-ring (bicyclic) bond motifs is 2. The third kappa shape index (κ3) is 4.71. The monoisotopic (exact) mass is 520 g/mol. The van der Waals surface area contributed by atoms with E-state index in [1.54, 1.807) is 18.3 Å². The van der Waals surface area contributed by atoms with Crippen LogP contribution in [-0.4, -0.2) is 37.7 Å². The molecule has 0 radical (unpaired) electrons. The Bertz CT molecular complexity index is 1660. The Labute approximate surface area is 226 Å². The van der Waals surface area contributed by atoms with E-state index in [0.717, 1.165) is 70.2 Å². The van der Waals surface area contributed by atoms with Gasteiger partial charge >= 0.3 is 0 Å². The van der Waals surface area contributed by atoms with Gasteiger partial charge in [-0.3, -0.25) is 4.98 Å². The second kappa shape index (κ2) is 9.76. The maximum atomic E-state index is 13.8. The highest BCUT2D eigenvalue weighted by atomic mass is 19.1. The first kappa shape index (κ1) is 23.8. The molecule has 0 amide bonds. The van der Waals surface area contributed by atoms with Crippen molar-refractivity contribution in [2.45, 2.75) is 38.6 Å². The van der Waals surface area contributed by atoms with Crippen molar-refractivity contribution in [3.8, 4) is 28.4 Å². The lowest BCUT2D eigenvalue weighted by Crippen LogP contribution is -2.16. The van der Waals surface area contributed by atoms with Gasteiger partial charge in [-0.25, -0.2) is 19.3 Å². The second-order valence-electron chi connectivity index (χ2n) is 10.5. The van der Waals surface area contributed by atoms with Gasteiger partial charge in [-0.05, 0) is 74.6 Å². The second-order valence-corrected chi connectivity index (χ2v) is 10.5. The maximum Gasteiger partial charge on any atom is 0.223 e. The normalized spacial score (nSPS) is 16.4. The lowest BCUT2D eigenvalue weighted by Gasteiger charge is -2.19. The molecule has 7 rings (SSSR count). The summed E-state index contributed by atoms with van der Waals surface area (Å²) < 4.78 is 22.5. The molecule has 39 heavy (non-hydrogen) atoms. The smallest absolute Gasteiger partial charge is 0.223 e. The van der Waals surface area contributed by atoms with Gasteiger partial charge in [0.1, 0.15) is 24.0 Å². The first-order chi connectivity index (χ1) is 19.1. The van der Waals surface area contributed by atoms with E-state index in [2.05, 4.69) is 19.9 Å². The fourth-order valence-corrected chi connectivity index (χ4v) is 5.39. The summed E-state index contributed by atoms with van der Waals surface area (Å²) in [5.74, 6) is 2.87. The summed E-state index contributed by atoms with van der Waals surface area (Å²) >= 11 is 0. The van der Waals surface area contributed by atoms with Gasteiger partial charge in [0.25, 0.3) is 0 Å². The Morgan fingerprint density at radius 2 is 1.85 bits per heavy atom. The molecule has 1 aliphatic heterocycles. The van der Waals surface area contributed by atoms with Crippen LogP contribution in [0.1, 0.15) is 36.8 Å². The minimum atomic E-state index is -0.271. The Hall–Kier alpha value is -4.33. The SMILES string of the molecule is Cc1cc(OCC2CCc3nc(-c4ccc(F)cc4)c(-c4ccnc(NCC5CC5)n4)n32)c2ccccc2n1. The van der Waals surface area contributed by atoms with Gasteiger partial charge in [-0.15, -0.1) is 0 Å². The average molecular weight is 521 g/mol. The predicted molar refractivity (Wildman–Crippen MR) is 149 cm³/mol. The molecule has 1 fully saturated rings. The number of anilines is 1. The molecule has 3 aromatic heterocycles. The van der Waals surface area contributed by atoms with E-state index in [1.165, 1.54) is 25.0 Å². The van der Waals surface area contributed by atoms with Crippen molar-refractivity contribution in [2.24, 2.45) is 5.92 Å². The number of pyridine rings is 1. The summed E-state index contributed by atoms with van der Waals surface area (Å²) in [7, 11) is 0. The molecule has 4 heterocycles. The first-order valence-electron chi connectivity index (χ1n) is 13.6. The number of nitrogens with one attached hydrogen (secondary N) is 1. The van der Waals surface area contributed by atoms with Crippen LogP contribution in [0.15, 0.2) is 66.9 Å². The summed E-state index contributed by atoms with van der Waals surface area (Å²) in [6.07, 6.45) is 6.05. The zero-order valence-electron chi connectivity index (χ0n) is 21.8. The van der Waals surface area contributed by atoms with E-state index in [4.69, 9.17) is 14.7 Å². The van der Waals surface area contributed by atoms with E-state index in [0.29, 0.717) is 18.5 Å². The van der Waals surface area contributed by atoms with Gasteiger partial charge in [0.15, 0.2) is 0 Å². The van der Waals surface area contributed by atoms with Crippen LogP contribution >= 0.6 is 0 Å². The third-order valence-corrected chi connectivity index (χ3v) is 7.55. The molecule has 1 unspecified atom stereocenters. The van der Waals surface area contributed by atoms with Crippen LogP contribution in [0.25, 0.3) is 33.5 Å². The Kier molecular flexibility index (Phi) is 5.95. The van der Waals surface area contributed by atoms with Gasteiger partial charge in [-0.2, -0.15) is 0 Å². The molecule has 2 aliphatic rings. The van der Waals surface area contributed by atoms with Crippen LogP contribution in [0.2, 0.25) is 0 Å². The van der Waals surface area contributed by atoms with Crippen molar-refractivity contribution in [3.63, 3.8) is 0 Å². The largest absolute Gasteiger partial charge is 0.491 e. The molecule has 0 bridgehead atoms. The van der Waals surface area contributed by atoms with Crippen LogP contribution in [0.3, 0.4) is 0 Å². The first-order valence-corrected chi connectivity index (χ1v) is 13.6. The molecular formula is C31H29FN6O. The topological polar surface area (TPSA) is 77.8 Å².